The van der Waals surface area contributed by atoms with Crippen LogP contribution >= 0.6 is 0 Å². The van der Waals surface area contributed by atoms with Crippen molar-refractivity contribution in [1.82, 2.24) is 4.90 Å². The van der Waals surface area contributed by atoms with Gasteiger partial charge in [-0.05, 0) is 30.6 Å². The molecule has 0 bridgehead atoms. The van der Waals surface area contributed by atoms with Crippen molar-refractivity contribution in [2.45, 2.75) is 26.6 Å². The van der Waals surface area contributed by atoms with Crippen LogP contribution in [-0.2, 0) is 12.7 Å². The molecule has 0 heterocycles. The summed E-state index contributed by atoms with van der Waals surface area (Å²) in [6, 6.07) is 5.44. The van der Waals surface area contributed by atoms with E-state index >= 15 is 0 Å². The van der Waals surface area contributed by atoms with Crippen molar-refractivity contribution in [1.29, 1.82) is 0 Å². The van der Waals surface area contributed by atoms with Crippen LogP contribution in [0.2, 0.25) is 0 Å². The molecule has 1 rings (SSSR count). The molecule has 19 heavy (non-hydrogen) atoms. The van der Waals surface area contributed by atoms with Crippen LogP contribution in [0.5, 0.6) is 0 Å². The van der Waals surface area contributed by atoms with Gasteiger partial charge in [0.25, 0.3) is 0 Å². The molecule has 1 aromatic rings. The Morgan fingerprint density at radius 2 is 1.84 bits per heavy atom. The third-order valence-corrected chi connectivity index (χ3v) is 2.96. The molecule has 108 valence electrons. The first-order valence-corrected chi connectivity index (χ1v) is 6.19. The van der Waals surface area contributed by atoms with E-state index in [9.17, 15) is 13.2 Å². The highest BCUT2D eigenvalue weighted by Crippen LogP contribution is 2.29. The quantitative estimate of drug-likeness (QED) is 0.894. The van der Waals surface area contributed by atoms with E-state index in [0.29, 0.717) is 18.7 Å². The lowest BCUT2D eigenvalue weighted by Gasteiger charge is -2.29. The van der Waals surface area contributed by atoms with Crippen molar-refractivity contribution in [3.05, 3.63) is 35.4 Å². The van der Waals surface area contributed by atoms with E-state index in [1.54, 1.807) is 6.07 Å². The summed E-state index contributed by atoms with van der Waals surface area (Å²) in [4.78, 5) is 1.99. The van der Waals surface area contributed by atoms with Crippen molar-refractivity contribution in [2.24, 2.45) is 11.1 Å². The van der Waals surface area contributed by atoms with Gasteiger partial charge in [0.1, 0.15) is 0 Å². The summed E-state index contributed by atoms with van der Waals surface area (Å²) in [6.45, 7) is 5.83. The smallest absolute Gasteiger partial charge is 0.330 e. The topological polar surface area (TPSA) is 29.3 Å². The second-order valence-corrected chi connectivity index (χ2v) is 5.74. The molecule has 0 aliphatic rings. The van der Waals surface area contributed by atoms with Crippen LogP contribution in [0, 0.1) is 5.41 Å². The second kappa shape index (κ2) is 5.92. The first kappa shape index (κ1) is 16.0. The van der Waals surface area contributed by atoms with E-state index in [1.165, 1.54) is 12.1 Å². The highest BCUT2D eigenvalue weighted by Gasteiger charge is 2.30. The molecule has 0 saturated carbocycles. The maximum atomic E-state index is 12.6. The summed E-state index contributed by atoms with van der Waals surface area (Å²) in [5.74, 6) is 0. The Balaban J connectivity index is 2.72. The Kier molecular flexibility index (Phi) is 4.98. The van der Waals surface area contributed by atoms with Gasteiger partial charge in [-0.25, -0.2) is 0 Å². The average molecular weight is 274 g/mol. The zero-order valence-corrected chi connectivity index (χ0v) is 11.6. The van der Waals surface area contributed by atoms with Crippen LogP contribution in [-0.4, -0.2) is 25.0 Å². The molecule has 0 aliphatic heterocycles. The van der Waals surface area contributed by atoms with Gasteiger partial charge < -0.3 is 10.6 Å². The van der Waals surface area contributed by atoms with E-state index in [-0.39, 0.29) is 5.41 Å². The minimum Gasteiger partial charge on any atom is -0.330 e. The van der Waals surface area contributed by atoms with Crippen LogP contribution in [0.15, 0.2) is 24.3 Å². The molecule has 0 fully saturated rings. The monoisotopic (exact) mass is 274 g/mol. The van der Waals surface area contributed by atoms with Crippen LogP contribution in [0.3, 0.4) is 0 Å². The summed E-state index contributed by atoms with van der Waals surface area (Å²) < 4.78 is 37.8. The van der Waals surface area contributed by atoms with Gasteiger partial charge in [-0.15, -0.1) is 0 Å². The molecular formula is C14H21F3N2. The van der Waals surface area contributed by atoms with E-state index < -0.39 is 11.7 Å². The van der Waals surface area contributed by atoms with Crippen LogP contribution in [0.1, 0.15) is 25.0 Å². The molecule has 2 N–H and O–H groups in total. The molecule has 0 saturated heterocycles. The number of hydrogen-bond acceptors (Lipinski definition) is 2. The number of benzene rings is 1. The number of halogens is 3. The third kappa shape index (κ3) is 5.20. The van der Waals surface area contributed by atoms with Gasteiger partial charge in [-0.2, -0.15) is 13.2 Å². The number of hydrogen-bond donors (Lipinski definition) is 1. The number of nitrogens with zero attached hydrogens (tertiary/aromatic N) is 1. The van der Waals surface area contributed by atoms with Crippen LogP contribution in [0.25, 0.3) is 0 Å². The fourth-order valence-electron chi connectivity index (χ4n) is 2.01. The largest absolute Gasteiger partial charge is 0.416 e. The van der Waals surface area contributed by atoms with E-state index in [0.717, 1.165) is 12.6 Å². The van der Waals surface area contributed by atoms with E-state index in [4.69, 9.17) is 5.73 Å². The summed E-state index contributed by atoms with van der Waals surface area (Å²) >= 11 is 0. The van der Waals surface area contributed by atoms with Crippen LogP contribution < -0.4 is 5.73 Å². The van der Waals surface area contributed by atoms with Crippen LogP contribution in [0.4, 0.5) is 13.2 Å². The number of nitrogens with two attached hydrogens (primary N) is 1. The predicted molar refractivity (Wildman–Crippen MR) is 70.6 cm³/mol. The molecule has 0 spiro atoms. The van der Waals surface area contributed by atoms with Gasteiger partial charge in [0.05, 0.1) is 5.56 Å². The van der Waals surface area contributed by atoms with Gasteiger partial charge >= 0.3 is 6.18 Å². The lowest BCUT2D eigenvalue weighted by atomic mass is 9.93. The zero-order chi connectivity index (χ0) is 14.7. The Labute approximate surface area is 112 Å². The van der Waals surface area contributed by atoms with Gasteiger partial charge in [0.2, 0.25) is 0 Å². The summed E-state index contributed by atoms with van der Waals surface area (Å²) in [6.07, 6.45) is -4.29. The zero-order valence-electron chi connectivity index (χ0n) is 11.6. The lowest BCUT2D eigenvalue weighted by Crippen LogP contribution is -2.36. The van der Waals surface area contributed by atoms with Gasteiger partial charge in [-0.1, -0.05) is 32.0 Å². The molecule has 0 amide bonds. The Hall–Kier alpha value is -1.07. The van der Waals surface area contributed by atoms with E-state index in [2.05, 4.69) is 0 Å². The summed E-state index contributed by atoms with van der Waals surface area (Å²) in [5.41, 5.74) is 5.67. The van der Waals surface area contributed by atoms with Crippen molar-refractivity contribution in [3.63, 3.8) is 0 Å². The first-order valence-electron chi connectivity index (χ1n) is 6.19. The van der Waals surface area contributed by atoms with Crippen molar-refractivity contribution in [3.8, 4) is 0 Å². The van der Waals surface area contributed by atoms with Crippen molar-refractivity contribution >= 4 is 0 Å². The van der Waals surface area contributed by atoms with Crippen molar-refractivity contribution in [2.75, 3.05) is 20.1 Å². The maximum Gasteiger partial charge on any atom is 0.416 e. The Morgan fingerprint density at radius 3 is 2.37 bits per heavy atom. The van der Waals surface area contributed by atoms with Gasteiger partial charge in [0, 0.05) is 13.1 Å². The molecule has 0 unspecified atom stereocenters. The normalized spacial score (nSPS) is 13.1. The minimum atomic E-state index is -4.29. The molecule has 5 heteroatoms. The Bertz CT molecular complexity index is 413. The molecule has 1 aromatic carbocycles. The fourth-order valence-corrected chi connectivity index (χ4v) is 2.01. The van der Waals surface area contributed by atoms with Crippen molar-refractivity contribution < 1.29 is 13.2 Å². The lowest BCUT2D eigenvalue weighted by molar-refractivity contribution is -0.137. The molecule has 0 radical (unpaired) electrons. The molecule has 0 aromatic heterocycles. The number of alkyl halides is 3. The summed E-state index contributed by atoms with van der Waals surface area (Å²) in [5, 5.41) is 0. The van der Waals surface area contributed by atoms with Gasteiger partial charge in [0.15, 0.2) is 0 Å². The highest BCUT2D eigenvalue weighted by molar-refractivity contribution is 5.25. The second-order valence-electron chi connectivity index (χ2n) is 5.74. The average Bonchev–Trinajstić information content (AvgIpc) is 2.27. The Morgan fingerprint density at radius 1 is 1.21 bits per heavy atom. The highest BCUT2D eigenvalue weighted by atomic mass is 19.4. The molecule has 0 aliphatic carbocycles. The fraction of sp³-hybridized carbons (Fsp3) is 0.571. The minimum absolute atomic E-state index is 0.0453. The summed E-state index contributed by atoms with van der Waals surface area (Å²) in [7, 11) is 1.89. The molecule has 0 atom stereocenters. The SMILES string of the molecule is CN(Cc1cccc(C(F)(F)F)c1)CC(C)(C)CN. The molecular weight excluding hydrogens is 253 g/mol. The third-order valence-electron chi connectivity index (χ3n) is 2.96. The van der Waals surface area contributed by atoms with E-state index in [1.807, 2.05) is 25.8 Å². The first-order chi connectivity index (χ1) is 8.64. The predicted octanol–water partition coefficient (Wildman–Crippen LogP) is 3.12. The van der Waals surface area contributed by atoms with Gasteiger partial charge in [-0.3, -0.25) is 0 Å². The number of rotatable bonds is 5. The standard InChI is InChI=1S/C14H21F3N2/c1-13(2,9-18)10-19(3)8-11-5-4-6-12(7-11)14(15,16)17/h4-7H,8-10,18H2,1-3H3. The maximum absolute atomic E-state index is 12.6. The molecule has 2 nitrogen and oxygen atoms in total.